The third kappa shape index (κ3) is 5.00. The smallest absolute Gasteiger partial charge is 0.237 e. The molecule has 22 heavy (non-hydrogen) atoms. The minimum Gasteiger partial charge on any atom is -0.381 e. The predicted molar refractivity (Wildman–Crippen MR) is 88.9 cm³/mol. The third-order valence-electron chi connectivity index (χ3n) is 4.24. The maximum atomic E-state index is 12.1. The number of nitrogens with two attached hydrogens (primary N) is 1. The van der Waals surface area contributed by atoms with Crippen molar-refractivity contribution in [1.29, 1.82) is 0 Å². The van der Waals surface area contributed by atoms with Gasteiger partial charge in [-0.2, -0.15) is 0 Å². The summed E-state index contributed by atoms with van der Waals surface area (Å²) in [4.78, 5) is 14.3. The summed E-state index contributed by atoms with van der Waals surface area (Å²) in [5.74, 6) is 0.218. The van der Waals surface area contributed by atoms with E-state index in [4.69, 9.17) is 10.5 Å². The summed E-state index contributed by atoms with van der Waals surface area (Å²) in [5.41, 5.74) is 7.23. The topological polar surface area (TPSA) is 67.6 Å². The van der Waals surface area contributed by atoms with Gasteiger partial charge in [-0.3, -0.25) is 4.79 Å². The molecule has 1 aliphatic heterocycles. The van der Waals surface area contributed by atoms with Crippen molar-refractivity contribution in [2.45, 2.75) is 25.3 Å². The normalized spacial score (nSPS) is 17.0. The molecular weight excluding hydrogens is 278 g/mol. The van der Waals surface area contributed by atoms with E-state index in [1.54, 1.807) is 0 Å². The maximum absolute atomic E-state index is 12.1. The Hall–Kier alpha value is -1.59. The number of nitrogens with one attached hydrogen (secondary N) is 1. The minimum absolute atomic E-state index is 0.0331. The molecule has 1 unspecified atom stereocenters. The summed E-state index contributed by atoms with van der Waals surface area (Å²) in [6.45, 7) is 2.99. The zero-order chi connectivity index (χ0) is 15.8. The summed E-state index contributed by atoms with van der Waals surface area (Å²) in [5, 5.41) is 2.96. The Morgan fingerprint density at radius 2 is 2.05 bits per heavy atom. The van der Waals surface area contributed by atoms with Gasteiger partial charge in [0.25, 0.3) is 0 Å². The van der Waals surface area contributed by atoms with Crippen LogP contribution in [0, 0.1) is 5.92 Å². The molecule has 0 radical (unpaired) electrons. The Morgan fingerprint density at radius 1 is 1.36 bits per heavy atom. The number of anilines is 1. The number of benzene rings is 1. The molecule has 1 amide bonds. The number of para-hydroxylation sites is 1. The highest BCUT2D eigenvalue weighted by atomic mass is 16.5. The fourth-order valence-electron chi connectivity index (χ4n) is 2.75. The van der Waals surface area contributed by atoms with Crippen molar-refractivity contribution in [2.24, 2.45) is 11.7 Å². The molecule has 0 bridgehead atoms. The number of nitrogens with zero attached hydrogens (tertiary/aromatic N) is 1. The third-order valence-corrected chi connectivity index (χ3v) is 4.24. The highest BCUT2D eigenvalue weighted by Crippen LogP contribution is 2.17. The molecule has 122 valence electrons. The van der Waals surface area contributed by atoms with Crippen molar-refractivity contribution in [3.8, 4) is 0 Å². The molecule has 0 spiro atoms. The summed E-state index contributed by atoms with van der Waals surface area (Å²) in [6.07, 6.45) is 2.66. The van der Waals surface area contributed by atoms with E-state index in [1.165, 1.54) is 5.69 Å². The van der Waals surface area contributed by atoms with E-state index >= 15 is 0 Å². The molecule has 1 saturated heterocycles. The molecule has 3 N–H and O–H groups in total. The molecule has 5 heteroatoms. The van der Waals surface area contributed by atoms with Crippen molar-refractivity contribution in [2.75, 3.05) is 38.3 Å². The Labute approximate surface area is 132 Å². The van der Waals surface area contributed by atoms with Gasteiger partial charge >= 0.3 is 0 Å². The lowest BCUT2D eigenvalue weighted by Gasteiger charge is -2.27. The van der Waals surface area contributed by atoms with Crippen molar-refractivity contribution in [3.63, 3.8) is 0 Å². The van der Waals surface area contributed by atoms with Crippen LogP contribution in [0.2, 0.25) is 0 Å². The van der Waals surface area contributed by atoms with Crippen LogP contribution in [-0.4, -0.2) is 45.3 Å². The molecular formula is C17H27N3O2. The first-order chi connectivity index (χ1) is 10.7. The van der Waals surface area contributed by atoms with Gasteiger partial charge in [-0.1, -0.05) is 18.2 Å². The molecule has 1 heterocycles. The van der Waals surface area contributed by atoms with Gasteiger partial charge in [-0.15, -0.1) is 0 Å². The van der Waals surface area contributed by atoms with Crippen LogP contribution < -0.4 is 16.0 Å². The van der Waals surface area contributed by atoms with Gasteiger partial charge in [0, 0.05) is 39.0 Å². The number of amides is 1. The molecule has 1 atom stereocenters. The largest absolute Gasteiger partial charge is 0.381 e. The molecule has 5 nitrogen and oxygen atoms in total. The number of hydrogen-bond donors (Lipinski definition) is 2. The number of hydrogen-bond acceptors (Lipinski definition) is 4. The minimum atomic E-state index is -0.407. The highest BCUT2D eigenvalue weighted by molar-refractivity contribution is 5.81. The van der Waals surface area contributed by atoms with Crippen LogP contribution in [0.5, 0.6) is 0 Å². The van der Waals surface area contributed by atoms with Crippen LogP contribution in [0.15, 0.2) is 30.3 Å². The van der Waals surface area contributed by atoms with Crippen LogP contribution in [-0.2, 0) is 9.53 Å². The zero-order valence-corrected chi connectivity index (χ0v) is 13.3. The number of rotatable bonds is 7. The summed E-state index contributed by atoms with van der Waals surface area (Å²) < 4.78 is 5.30. The summed E-state index contributed by atoms with van der Waals surface area (Å²) in [7, 11) is 2.06. The van der Waals surface area contributed by atoms with Crippen LogP contribution in [0.4, 0.5) is 5.69 Å². The first kappa shape index (κ1) is 16.8. The quantitative estimate of drug-likeness (QED) is 0.747. The predicted octanol–water partition coefficient (Wildman–Crippen LogP) is 1.38. The molecule has 1 aromatic carbocycles. The van der Waals surface area contributed by atoms with Crippen LogP contribution in [0.1, 0.15) is 19.3 Å². The van der Waals surface area contributed by atoms with Gasteiger partial charge in [0.2, 0.25) is 5.91 Å². The van der Waals surface area contributed by atoms with E-state index in [-0.39, 0.29) is 11.8 Å². The second-order valence-corrected chi connectivity index (χ2v) is 5.88. The van der Waals surface area contributed by atoms with Crippen LogP contribution >= 0.6 is 0 Å². The monoisotopic (exact) mass is 305 g/mol. The molecule has 1 aliphatic rings. The maximum Gasteiger partial charge on any atom is 0.237 e. The van der Waals surface area contributed by atoms with Crippen molar-refractivity contribution in [1.82, 2.24) is 5.32 Å². The SMILES string of the molecule is CN(CCCNC(=O)C(N)C1CCOCC1)c1ccccc1. The van der Waals surface area contributed by atoms with E-state index in [1.807, 2.05) is 18.2 Å². The van der Waals surface area contributed by atoms with E-state index in [2.05, 4.69) is 29.4 Å². The first-order valence-electron chi connectivity index (χ1n) is 8.05. The fraction of sp³-hybridized carbons (Fsp3) is 0.588. The summed E-state index contributed by atoms with van der Waals surface area (Å²) >= 11 is 0. The number of ether oxygens (including phenoxy) is 1. The van der Waals surface area contributed by atoms with Gasteiger partial charge in [0.05, 0.1) is 6.04 Å². The standard InChI is InChI=1S/C17H27N3O2/c1-20(15-6-3-2-4-7-15)11-5-10-19-17(21)16(18)14-8-12-22-13-9-14/h2-4,6-7,14,16H,5,8-13,18H2,1H3,(H,19,21). The average Bonchev–Trinajstić information content (AvgIpc) is 2.59. The Balaban J connectivity index is 1.64. The molecule has 2 rings (SSSR count). The first-order valence-corrected chi connectivity index (χ1v) is 8.05. The lowest BCUT2D eigenvalue weighted by Crippen LogP contribution is -2.47. The van der Waals surface area contributed by atoms with Gasteiger partial charge in [-0.25, -0.2) is 0 Å². The van der Waals surface area contributed by atoms with Crippen molar-refractivity contribution >= 4 is 11.6 Å². The van der Waals surface area contributed by atoms with Gasteiger partial charge in [0.15, 0.2) is 0 Å². The lowest BCUT2D eigenvalue weighted by atomic mass is 9.92. The summed E-state index contributed by atoms with van der Waals surface area (Å²) in [6, 6.07) is 9.83. The molecule has 1 fully saturated rings. The number of carbonyl (C=O) groups excluding carboxylic acids is 1. The molecule has 0 aliphatic carbocycles. The Kier molecular flexibility index (Phi) is 6.68. The van der Waals surface area contributed by atoms with Crippen molar-refractivity contribution in [3.05, 3.63) is 30.3 Å². The number of carbonyl (C=O) groups is 1. The van der Waals surface area contributed by atoms with Gasteiger partial charge < -0.3 is 20.7 Å². The molecule has 0 aromatic heterocycles. The zero-order valence-electron chi connectivity index (χ0n) is 13.3. The van der Waals surface area contributed by atoms with E-state index in [9.17, 15) is 4.79 Å². The van der Waals surface area contributed by atoms with E-state index < -0.39 is 6.04 Å². The highest BCUT2D eigenvalue weighted by Gasteiger charge is 2.26. The molecule has 1 aromatic rings. The van der Waals surface area contributed by atoms with Gasteiger partial charge in [0.1, 0.15) is 0 Å². The van der Waals surface area contributed by atoms with E-state index in [0.717, 1.165) is 25.8 Å². The second kappa shape index (κ2) is 8.76. The van der Waals surface area contributed by atoms with Crippen LogP contribution in [0.25, 0.3) is 0 Å². The van der Waals surface area contributed by atoms with Crippen molar-refractivity contribution < 1.29 is 9.53 Å². The van der Waals surface area contributed by atoms with E-state index in [0.29, 0.717) is 19.8 Å². The Bertz CT molecular complexity index is 446. The Morgan fingerprint density at radius 3 is 2.73 bits per heavy atom. The van der Waals surface area contributed by atoms with Gasteiger partial charge in [-0.05, 0) is 37.3 Å². The fourth-order valence-corrected chi connectivity index (χ4v) is 2.75. The lowest BCUT2D eigenvalue weighted by molar-refractivity contribution is -0.124. The van der Waals surface area contributed by atoms with Crippen LogP contribution in [0.3, 0.4) is 0 Å². The average molecular weight is 305 g/mol. The second-order valence-electron chi connectivity index (χ2n) is 5.88. The molecule has 0 saturated carbocycles.